The highest BCUT2D eigenvalue weighted by Crippen LogP contribution is 2.24. The molecule has 0 fully saturated rings. The van der Waals surface area contributed by atoms with Crippen molar-refractivity contribution in [3.63, 3.8) is 0 Å². The molecule has 1 unspecified atom stereocenters. The minimum Gasteiger partial charge on any atom is -0.496 e. The number of amides is 1. The number of hydrogen-bond donors (Lipinski definition) is 1. The van der Waals surface area contributed by atoms with E-state index in [1.807, 2.05) is 45.9 Å². The highest BCUT2D eigenvalue weighted by Gasteiger charge is 2.28. The van der Waals surface area contributed by atoms with Crippen LogP contribution < -0.4 is 10.1 Å². The zero-order valence-electron chi connectivity index (χ0n) is 13.2. The van der Waals surface area contributed by atoms with Gasteiger partial charge >= 0.3 is 0 Å². The second-order valence-electron chi connectivity index (χ2n) is 5.74. The number of carbonyl (C=O) groups is 1. The fourth-order valence-corrected chi connectivity index (χ4v) is 2.07. The molecule has 1 aromatic rings. The Morgan fingerprint density at radius 2 is 2.00 bits per heavy atom. The maximum atomic E-state index is 12.2. The molecule has 4 heteroatoms. The smallest absolute Gasteiger partial charge is 0.228 e. The fraction of sp³-hybridized carbons (Fsp3) is 0.562. The molecule has 0 saturated carbocycles. The first-order valence-electron chi connectivity index (χ1n) is 6.76. The Kier molecular flexibility index (Phi) is 5.57. The zero-order valence-corrected chi connectivity index (χ0v) is 13.2. The van der Waals surface area contributed by atoms with Crippen LogP contribution in [0.5, 0.6) is 5.75 Å². The van der Waals surface area contributed by atoms with Gasteiger partial charge in [-0.1, -0.05) is 12.1 Å². The number of ether oxygens (including phenoxy) is 2. The van der Waals surface area contributed by atoms with Gasteiger partial charge in [0.1, 0.15) is 5.75 Å². The van der Waals surface area contributed by atoms with E-state index in [9.17, 15) is 4.79 Å². The fourth-order valence-electron chi connectivity index (χ4n) is 2.07. The number of methoxy groups -OCH3 is 2. The SMILES string of the molecule is COCC(C)(C)C(=O)NC(C)c1ccc(OC)c(C)c1. The van der Waals surface area contributed by atoms with E-state index in [2.05, 4.69) is 5.32 Å². The molecular weight excluding hydrogens is 254 g/mol. The monoisotopic (exact) mass is 279 g/mol. The molecule has 0 saturated heterocycles. The van der Waals surface area contributed by atoms with Gasteiger partial charge in [0.05, 0.1) is 25.2 Å². The molecule has 0 aliphatic rings. The molecule has 0 spiro atoms. The van der Waals surface area contributed by atoms with Crippen LogP contribution in [0.25, 0.3) is 0 Å². The summed E-state index contributed by atoms with van der Waals surface area (Å²) in [5, 5.41) is 3.03. The lowest BCUT2D eigenvalue weighted by Crippen LogP contribution is -2.40. The lowest BCUT2D eigenvalue weighted by Gasteiger charge is -2.25. The summed E-state index contributed by atoms with van der Waals surface area (Å²) >= 11 is 0. The van der Waals surface area contributed by atoms with Gasteiger partial charge in [0, 0.05) is 7.11 Å². The molecule has 0 heterocycles. The Morgan fingerprint density at radius 3 is 2.50 bits per heavy atom. The molecule has 1 N–H and O–H groups in total. The molecule has 0 bridgehead atoms. The third-order valence-corrected chi connectivity index (χ3v) is 3.39. The Hall–Kier alpha value is -1.55. The van der Waals surface area contributed by atoms with Crippen molar-refractivity contribution < 1.29 is 14.3 Å². The Labute approximate surface area is 121 Å². The first-order valence-corrected chi connectivity index (χ1v) is 6.76. The van der Waals surface area contributed by atoms with Crippen LogP contribution in [0.2, 0.25) is 0 Å². The van der Waals surface area contributed by atoms with Crippen molar-refractivity contribution in [2.24, 2.45) is 5.41 Å². The third-order valence-electron chi connectivity index (χ3n) is 3.39. The molecule has 0 aliphatic heterocycles. The van der Waals surface area contributed by atoms with Crippen molar-refractivity contribution in [1.82, 2.24) is 5.32 Å². The van der Waals surface area contributed by atoms with E-state index in [0.29, 0.717) is 6.61 Å². The average molecular weight is 279 g/mol. The first kappa shape index (κ1) is 16.5. The highest BCUT2D eigenvalue weighted by atomic mass is 16.5. The van der Waals surface area contributed by atoms with Crippen LogP contribution in [0, 0.1) is 12.3 Å². The van der Waals surface area contributed by atoms with Crippen LogP contribution in [0.3, 0.4) is 0 Å². The van der Waals surface area contributed by atoms with Crippen LogP contribution in [0.15, 0.2) is 18.2 Å². The molecule has 0 aliphatic carbocycles. The molecule has 4 nitrogen and oxygen atoms in total. The highest BCUT2D eigenvalue weighted by molar-refractivity contribution is 5.82. The van der Waals surface area contributed by atoms with E-state index in [1.54, 1.807) is 14.2 Å². The molecule has 1 amide bonds. The number of hydrogen-bond acceptors (Lipinski definition) is 3. The van der Waals surface area contributed by atoms with Gasteiger partial charge in [0.2, 0.25) is 5.91 Å². The quantitative estimate of drug-likeness (QED) is 0.871. The van der Waals surface area contributed by atoms with Gasteiger partial charge < -0.3 is 14.8 Å². The van der Waals surface area contributed by atoms with E-state index >= 15 is 0 Å². The van der Waals surface area contributed by atoms with E-state index in [0.717, 1.165) is 16.9 Å². The van der Waals surface area contributed by atoms with Crippen LogP contribution in [0.1, 0.15) is 37.9 Å². The largest absolute Gasteiger partial charge is 0.496 e. The standard InChI is InChI=1S/C16H25NO3/c1-11-9-13(7-8-14(11)20-6)12(2)17-15(18)16(3,4)10-19-5/h7-9,12H,10H2,1-6H3,(H,17,18). The van der Waals surface area contributed by atoms with E-state index in [-0.39, 0.29) is 11.9 Å². The van der Waals surface area contributed by atoms with Crippen molar-refractivity contribution >= 4 is 5.91 Å². The number of aryl methyl sites for hydroxylation is 1. The summed E-state index contributed by atoms with van der Waals surface area (Å²) < 4.78 is 10.3. The molecule has 1 rings (SSSR count). The number of benzene rings is 1. The van der Waals surface area contributed by atoms with Crippen LogP contribution in [0.4, 0.5) is 0 Å². The van der Waals surface area contributed by atoms with Gasteiger partial charge in [0.25, 0.3) is 0 Å². The second-order valence-corrected chi connectivity index (χ2v) is 5.74. The average Bonchev–Trinajstić information content (AvgIpc) is 2.38. The maximum absolute atomic E-state index is 12.2. The third kappa shape index (κ3) is 3.97. The van der Waals surface area contributed by atoms with Crippen LogP contribution >= 0.6 is 0 Å². The summed E-state index contributed by atoms with van der Waals surface area (Å²) in [6.45, 7) is 8.11. The van der Waals surface area contributed by atoms with Crippen LogP contribution in [-0.4, -0.2) is 26.7 Å². The Morgan fingerprint density at radius 1 is 1.35 bits per heavy atom. The van der Waals surface area contributed by atoms with Crippen molar-refractivity contribution in [1.29, 1.82) is 0 Å². The Bertz CT molecular complexity index is 469. The Balaban J connectivity index is 2.78. The van der Waals surface area contributed by atoms with Crippen molar-refractivity contribution in [2.75, 3.05) is 20.8 Å². The summed E-state index contributed by atoms with van der Waals surface area (Å²) in [6.07, 6.45) is 0. The van der Waals surface area contributed by atoms with E-state index in [4.69, 9.17) is 9.47 Å². The minimum atomic E-state index is -0.537. The minimum absolute atomic E-state index is 0.0136. The lowest BCUT2D eigenvalue weighted by atomic mass is 9.92. The van der Waals surface area contributed by atoms with Gasteiger partial charge in [-0.05, 0) is 44.9 Å². The van der Waals surface area contributed by atoms with Gasteiger partial charge in [-0.2, -0.15) is 0 Å². The number of nitrogens with one attached hydrogen (secondary N) is 1. The summed E-state index contributed by atoms with van der Waals surface area (Å²) in [7, 11) is 3.26. The molecule has 20 heavy (non-hydrogen) atoms. The van der Waals surface area contributed by atoms with E-state index < -0.39 is 5.41 Å². The van der Waals surface area contributed by atoms with Crippen molar-refractivity contribution in [2.45, 2.75) is 33.7 Å². The first-order chi connectivity index (χ1) is 9.31. The normalized spacial score (nSPS) is 12.9. The van der Waals surface area contributed by atoms with Crippen molar-refractivity contribution in [3.05, 3.63) is 29.3 Å². The van der Waals surface area contributed by atoms with Crippen molar-refractivity contribution in [3.8, 4) is 5.75 Å². The molecular formula is C16H25NO3. The summed E-state index contributed by atoms with van der Waals surface area (Å²) in [5.41, 5.74) is 1.58. The molecule has 112 valence electrons. The number of carbonyl (C=O) groups excluding carboxylic acids is 1. The predicted octanol–water partition coefficient (Wildman–Crippen LogP) is 2.85. The van der Waals surface area contributed by atoms with Gasteiger partial charge in [0.15, 0.2) is 0 Å². The predicted molar refractivity (Wildman–Crippen MR) is 79.9 cm³/mol. The lowest BCUT2D eigenvalue weighted by molar-refractivity contribution is -0.132. The molecule has 0 aromatic heterocycles. The summed E-state index contributed by atoms with van der Waals surface area (Å²) in [4.78, 5) is 12.2. The maximum Gasteiger partial charge on any atom is 0.228 e. The molecule has 0 radical (unpaired) electrons. The van der Waals surface area contributed by atoms with Crippen LogP contribution in [-0.2, 0) is 9.53 Å². The van der Waals surface area contributed by atoms with Gasteiger partial charge in [-0.25, -0.2) is 0 Å². The number of rotatable bonds is 6. The van der Waals surface area contributed by atoms with Gasteiger partial charge in [-0.3, -0.25) is 4.79 Å². The molecule has 1 aromatic carbocycles. The van der Waals surface area contributed by atoms with E-state index in [1.165, 1.54) is 0 Å². The summed E-state index contributed by atoms with van der Waals surface area (Å²) in [5.74, 6) is 0.840. The second kappa shape index (κ2) is 6.75. The topological polar surface area (TPSA) is 47.6 Å². The summed E-state index contributed by atoms with van der Waals surface area (Å²) in [6, 6.07) is 5.88. The zero-order chi connectivity index (χ0) is 15.3. The van der Waals surface area contributed by atoms with Gasteiger partial charge in [-0.15, -0.1) is 0 Å². The molecule has 1 atom stereocenters.